The topological polar surface area (TPSA) is 30.3 Å². The normalized spacial score (nSPS) is 40.0. The van der Waals surface area contributed by atoms with Crippen molar-refractivity contribution in [3.05, 3.63) is 0 Å². The molecule has 0 bridgehead atoms. The van der Waals surface area contributed by atoms with Gasteiger partial charge in [-0.1, -0.05) is 19.8 Å². The quantitative estimate of drug-likeness (QED) is 0.776. The lowest BCUT2D eigenvalue weighted by Gasteiger charge is -2.49. The van der Waals surface area contributed by atoms with Gasteiger partial charge in [0.2, 0.25) is 0 Å². The molecule has 2 heterocycles. The summed E-state index contributed by atoms with van der Waals surface area (Å²) >= 11 is 0. The van der Waals surface area contributed by atoms with E-state index in [9.17, 15) is 5.26 Å². The minimum atomic E-state index is 0.285. The molecule has 2 saturated heterocycles. The third-order valence-corrected chi connectivity index (χ3v) is 6.01. The second-order valence-electron chi connectivity index (χ2n) is 7.07. The third kappa shape index (κ3) is 2.87. The molecule has 3 heteroatoms. The Kier molecular flexibility index (Phi) is 4.63. The van der Waals surface area contributed by atoms with Crippen molar-refractivity contribution in [2.75, 3.05) is 26.2 Å². The first kappa shape index (κ1) is 14.4. The van der Waals surface area contributed by atoms with Crippen molar-refractivity contribution in [1.29, 1.82) is 5.26 Å². The monoisotopic (exact) mass is 275 g/mol. The second kappa shape index (κ2) is 6.45. The lowest BCUT2D eigenvalue weighted by Crippen LogP contribution is -2.59. The Balaban J connectivity index is 1.65. The van der Waals surface area contributed by atoms with E-state index in [1.807, 2.05) is 0 Å². The maximum atomic E-state index is 9.50. The second-order valence-corrected chi connectivity index (χ2v) is 7.07. The van der Waals surface area contributed by atoms with Crippen LogP contribution in [-0.4, -0.2) is 48.1 Å². The molecule has 0 spiro atoms. The molecule has 0 amide bonds. The SMILES string of the molecule is CCC1CCC(C#N)C(N2CCN3CCCCC3C2)C1. The smallest absolute Gasteiger partial charge is 0.0672 e. The zero-order chi connectivity index (χ0) is 13.9. The molecule has 4 atom stereocenters. The van der Waals surface area contributed by atoms with Gasteiger partial charge >= 0.3 is 0 Å². The van der Waals surface area contributed by atoms with E-state index < -0.39 is 0 Å². The highest BCUT2D eigenvalue weighted by Crippen LogP contribution is 2.35. The van der Waals surface area contributed by atoms with Gasteiger partial charge in [-0.05, 0) is 44.6 Å². The number of hydrogen-bond acceptors (Lipinski definition) is 3. The molecule has 3 fully saturated rings. The first-order chi connectivity index (χ1) is 9.81. The Hall–Kier alpha value is -0.590. The Morgan fingerprint density at radius 3 is 2.70 bits per heavy atom. The van der Waals surface area contributed by atoms with Crippen molar-refractivity contribution in [2.45, 2.75) is 64.0 Å². The van der Waals surface area contributed by atoms with Crippen molar-refractivity contribution < 1.29 is 0 Å². The molecule has 1 saturated carbocycles. The molecule has 0 aromatic rings. The summed E-state index contributed by atoms with van der Waals surface area (Å²) in [7, 11) is 0. The highest BCUT2D eigenvalue weighted by molar-refractivity contribution is 4.99. The first-order valence-electron chi connectivity index (χ1n) is 8.69. The van der Waals surface area contributed by atoms with Crippen LogP contribution in [0, 0.1) is 23.2 Å². The number of rotatable bonds is 2. The molecule has 3 aliphatic rings. The van der Waals surface area contributed by atoms with E-state index in [0.29, 0.717) is 6.04 Å². The summed E-state index contributed by atoms with van der Waals surface area (Å²) in [5.41, 5.74) is 0. The Labute approximate surface area is 123 Å². The molecular weight excluding hydrogens is 246 g/mol. The largest absolute Gasteiger partial charge is 0.298 e. The van der Waals surface area contributed by atoms with E-state index in [-0.39, 0.29) is 5.92 Å². The van der Waals surface area contributed by atoms with E-state index in [2.05, 4.69) is 22.8 Å². The minimum absolute atomic E-state index is 0.285. The van der Waals surface area contributed by atoms with Crippen LogP contribution in [0.1, 0.15) is 51.9 Å². The van der Waals surface area contributed by atoms with Crippen LogP contribution in [0.25, 0.3) is 0 Å². The Bertz CT molecular complexity index is 362. The van der Waals surface area contributed by atoms with Gasteiger partial charge in [0.05, 0.1) is 12.0 Å². The predicted octanol–water partition coefficient (Wildman–Crippen LogP) is 2.87. The van der Waals surface area contributed by atoms with E-state index >= 15 is 0 Å². The van der Waals surface area contributed by atoms with Crippen molar-refractivity contribution in [3.63, 3.8) is 0 Å². The summed E-state index contributed by atoms with van der Waals surface area (Å²) in [6.07, 6.45) is 9.12. The molecule has 0 N–H and O–H groups in total. The van der Waals surface area contributed by atoms with E-state index in [1.165, 1.54) is 64.7 Å². The molecule has 3 nitrogen and oxygen atoms in total. The number of nitriles is 1. The van der Waals surface area contributed by atoms with E-state index in [4.69, 9.17) is 0 Å². The highest BCUT2D eigenvalue weighted by Gasteiger charge is 2.38. The van der Waals surface area contributed by atoms with Gasteiger partial charge in [-0.2, -0.15) is 5.26 Å². The number of fused-ring (bicyclic) bond motifs is 1. The summed E-state index contributed by atoms with van der Waals surface area (Å²) in [4.78, 5) is 5.38. The number of nitrogens with zero attached hydrogens (tertiary/aromatic N) is 3. The maximum Gasteiger partial charge on any atom is 0.0672 e. The average molecular weight is 275 g/mol. The third-order valence-electron chi connectivity index (χ3n) is 6.01. The summed E-state index contributed by atoms with van der Waals surface area (Å²) in [6, 6.07) is 3.93. The van der Waals surface area contributed by atoms with Crippen LogP contribution in [0.15, 0.2) is 0 Å². The maximum absolute atomic E-state index is 9.50. The van der Waals surface area contributed by atoms with Gasteiger partial charge < -0.3 is 0 Å². The Morgan fingerprint density at radius 1 is 1.05 bits per heavy atom. The molecule has 0 aromatic heterocycles. The summed E-state index contributed by atoms with van der Waals surface area (Å²) < 4.78 is 0. The van der Waals surface area contributed by atoms with Gasteiger partial charge in [-0.25, -0.2) is 0 Å². The zero-order valence-corrected chi connectivity index (χ0v) is 12.9. The summed E-state index contributed by atoms with van der Waals surface area (Å²) in [5.74, 6) is 1.14. The van der Waals surface area contributed by atoms with Crippen molar-refractivity contribution in [2.24, 2.45) is 11.8 Å². The molecule has 3 rings (SSSR count). The fourth-order valence-electron chi connectivity index (χ4n) is 4.64. The van der Waals surface area contributed by atoms with Crippen molar-refractivity contribution in [3.8, 4) is 6.07 Å². The van der Waals surface area contributed by atoms with Crippen molar-refractivity contribution >= 4 is 0 Å². The predicted molar refractivity (Wildman–Crippen MR) is 81.3 cm³/mol. The lowest BCUT2D eigenvalue weighted by atomic mass is 9.76. The molecule has 20 heavy (non-hydrogen) atoms. The number of piperidine rings is 1. The summed E-state index contributed by atoms with van der Waals surface area (Å²) in [5, 5.41) is 9.50. The molecule has 1 aliphatic carbocycles. The van der Waals surface area contributed by atoms with E-state index in [0.717, 1.165) is 18.4 Å². The Morgan fingerprint density at radius 2 is 1.90 bits per heavy atom. The van der Waals surface area contributed by atoms with E-state index in [1.54, 1.807) is 0 Å². The molecule has 4 unspecified atom stereocenters. The van der Waals surface area contributed by atoms with Crippen LogP contribution in [0.4, 0.5) is 0 Å². The van der Waals surface area contributed by atoms with Gasteiger partial charge in [-0.15, -0.1) is 0 Å². The van der Waals surface area contributed by atoms with Gasteiger partial charge in [0.15, 0.2) is 0 Å². The van der Waals surface area contributed by atoms with Crippen LogP contribution in [0.3, 0.4) is 0 Å². The van der Waals surface area contributed by atoms with Crippen LogP contribution in [-0.2, 0) is 0 Å². The molecule has 112 valence electrons. The average Bonchev–Trinajstić information content (AvgIpc) is 2.53. The van der Waals surface area contributed by atoms with Crippen LogP contribution >= 0.6 is 0 Å². The first-order valence-corrected chi connectivity index (χ1v) is 8.69. The molecule has 0 radical (unpaired) electrons. The van der Waals surface area contributed by atoms with Crippen LogP contribution in [0.2, 0.25) is 0 Å². The van der Waals surface area contributed by atoms with Crippen LogP contribution in [0.5, 0.6) is 0 Å². The number of piperazine rings is 1. The minimum Gasteiger partial charge on any atom is -0.298 e. The fraction of sp³-hybridized carbons (Fsp3) is 0.941. The van der Waals surface area contributed by atoms with Crippen LogP contribution < -0.4 is 0 Å². The lowest BCUT2D eigenvalue weighted by molar-refractivity contribution is 0.00162. The zero-order valence-electron chi connectivity index (χ0n) is 12.9. The van der Waals surface area contributed by atoms with Gasteiger partial charge in [0.25, 0.3) is 0 Å². The van der Waals surface area contributed by atoms with Gasteiger partial charge in [0.1, 0.15) is 0 Å². The molecular formula is C17H29N3. The van der Waals surface area contributed by atoms with Gasteiger partial charge in [0, 0.05) is 31.7 Å². The molecule has 0 aromatic carbocycles. The summed E-state index contributed by atoms with van der Waals surface area (Å²) in [6.45, 7) is 7.26. The highest BCUT2D eigenvalue weighted by atomic mass is 15.3. The molecule has 2 aliphatic heterocycles. The van der Waals surface area contributed by atoms with Crippen molar-refractivity contribution in [1.82, 2.24) is 9.80 Å². The standard InChI is InChI=1S/C17H29N3/c1-2-14-6-7-15(12-18)17(11-14)20-10-9-19-8-4-3-5-16(19)13-20/h14-17H,2-11,13H2,1H3. The fourth-order valence-corrected chi connectivity index (χ4v) is 4.64. The number of hydrogen-bond donors (Lipinski definition) is 0. The van der Waals surface area contributed by atoms with Gasteiger partial charge in [-0.3, -0.25) is 9.80 Å².